The van der Waals surface area contributed by atoms with Gasteiger partial charge in [0.05, 0.1) is 5.56 Å². The lowest BCUT2D eigenvalue weighted by Gasteiger charge is -2.21. The van der Waals surface area contributed by atoms with Crippen molar-refractivity contribution < 1.29 is 9.90 Å². The smallest absolute Gasteiger partial charge is 0.335 e. The monoisotopic (exact) mass is 285 g/mol. The number of rotatable bonds is 3. The summed E-state index contributed by atoms with van der Waals surface area (Å²) in [5.41, 5.74) is 1.40. The second-order valence-corrected chi connectivity index (χ2v) is 5.57. The van der Waals surface area contributed by atoms with Crippen LogP contribution in [0.3, 0.4) is 0 Å². The Hall–Kier alpha value is -0.870. The summed E-state index contributed by atoms with van der Waals surface area (Å²) in [6.45, 7) is 6.98. The normalized spacial score (nSPS) is 11.5. The van der Waals surface area contributed by atoms with Gasteiger partial charge in [-0.3, -0.25) is 0 Å². The van der Waals surface area contributed by atoms with Crippen molar-refractivity contribution in [2.24, 2.45) is 0 Å². The number of carboxylic acids is 1. The highest BCUT2D eigenvalue weighted by molar-refractivity contribution is 9.10. The van der Waals surface area contributed by atoms with Crippen LogP contribution in [0.5, 0.6) is 0 Å². The minimum Gasteiger partial charge on any atom is -0.478 e. The van der Waals surface area contributed by atoms with E-state index in [1.165, 1.54) is 0 Å². The van der Waals surface area contributed by atoms with Gasteiger partial charge in [0.1, 0.15) is 0 Å². The maximum Gasteiger partial charge on any atom is 0.335 e. The standard InChI is InChI=1S/C12H16BrNO2/c1-12(2,3)14-7-9-5-4-8(11(15)16)6-10(9)13/h4-6,14H,7H2,1-3H3,(H,15,16). The summed E-state index contributed by atoms with van der Waals surface area (Å²) in [6, 6.07) is 5.07. The third-order valence-corrected chi connectivity index (χ3v) is 2.85. The highest BCUT2D eigenvalue weighted by Crippen LogP contribution is 2.19. The second kappa shape index (κ2) is 4.97. The molecule has 0 aromatic heterocycles. The lowest BCUT2D eigenvalue weighted by Crippen LogP contribution is -2.35. The first kappa shape index (κ1) is 13.2. The first-order valence-electron chi connectivity index (χ1n) is 5.06. The van der Waals surface area contributed by atoms with Crippen LogP contribution in [0.15, 0.2) is 22.7 Å². The van der Waals surface area contributed by atoms with Crippen molar-refractivity contribution in [3.05, 3.63) is 33.8 Å². The Bertz CT molecular complexity index is 396. The van der Waals surface area contributed by atoms with Crippen molar-refractivity contribution in [2.75, 3.05) is 0 Å². The molecule has 0 atom stereocenters. The van der Waals surface area contributed by atoms with Gasteiger partial charge in [-0.25, -0.2) is 4.79 Å². The molecule has 4 heteroatoms. The third kappa shape index (κ3) is 3.94. The third-order valence-electron chi connectivity index (χ3n) is 2.11. The Balaban J connectivity index is 2.80. The zero-order chi connectivity index (χ0) is 12.3. The van der Waals surface area contributed by atoms with Gasteiger partial charge in [-0.1, -0.05) is 22.0 Å². The molecule has 0 saturated carbocycles. The highest BCUT2D eigenvalue weighted by Gasteiger charge is 2.11. The van der Waals surface area contributed by atoms with Crippen molar-refractivity contribution >= 4 is 21.9 Å². The van der Waals surface area contributed by atoms with Crippen LogP contribution in [-0.4, -0.2) is 16.6 Å². The lowest BCUT2D eigenvalue weighted by atomic mass is 10.1. The number of hydrogen-bond donors (Lipinski definition) is 2. The Labute approximate surface area is 104 Å². The van der Waals surface area contributed by atoms with Crippen LogP contribution in [0.2, 0.25) is 0 Å². The first-order valence-corrected chi connectivity index (χ1v) is 5.85. The molecule has 0 amide bonds. The molecule has 0 radical (unpaired) electrons. The molecule has 88 valence electrons. The van der Waals surface area contributed by atoms with E-state index in [0.29, 0.717) is 12.1 Å². The summed E-state index contributed by atoms with van der Waals surface area (Å²) in [5.74, 6) is -0.906. The van der Waals surface area contributed by atoms with Crippen LogP contribution in [0.25, 0.3) is 0 Å². The van der Waals surface area contributed by atoms with E-state index in [9.17, 15) is 4.79 Å². The number of carboxylic acid groups (broad SMARTS) is 1. The quantitative estimate of drug-likeness (QED) is 0.898. The van der Waals surface area contributed by atoms with Crippen LogP contribution in [-0.2, 0) is 6.54 Å². The van der Waals surface area contributed by atoms with Crippen molar-refractivity contribution in [2.45, 2.75) is 32.9 Å². The molecule has 0 heterocycles. The number of hydrogen-bond acceptors (Lipinski definition) is 2. The predicted molar refractivity (Wildman–Crippen MR) is 67.7 cm³/mol. The zero-order valence-electron chi connectivity index (χ0n) is 9.67. The van der Waals surface area contributed by atoms with E-state index in [4.69, 9.17) is 5.11 Å². The molecule has 2 N–H and O–H groups in total. The Kier molecular flexibility index (Phi) is 4.10. The average Bonchev–Trinajstić information content (AvgIpc) is 2.14. The topological polar surface area (TPSA) is 49.3 Å². The summed E-state index contributed by atoms with van der Waals surface area (Å²) in [4.78, 5) is 10.7. The Morgan fingerprint density at radius 2 is 2.06 bits per heavy atom. The fourth-order valence-corrected chi connectivity index (χ4v) is 1.70. The Morgan fingerprint density at radius 3 is 2.50 bits per heavy atom. The summed E-state index contributed by atoms with van der Waals surface area (Å²) >= 11 is 3.38. The summed E-state index contributed by atoms with van der Waals surface area (Å²) in [5, 5.41) is 12.2. The van der Waals surface area contributed by atoms with Crippen LogP contribution in [0.1, 0.15) is 36.7 Å². The first-order chi connectivity index (χ1) is 7.29. The van der Waals surface area contributed by atoms with Gasteiger partial charge in [-0.15, -0.1) is 0 Å². The molecular weight excluding hydrogens is 270 g/mol. The lowest BCUT2D eigenvalue weighted by molar-refractivity contribution is 0.0697. The fraction of sp³-hybridized carbons (Fsp3) is 0.417. The summed E-state index contributed by atoms with van der Waals surface area (Å²) < 4.78 is 0.823. The molecule has 0 aliphatic rings. The molecule has 0 saturated heterocycles. The van der Waals surface area contributed by atoms with Crippen LogP contribution in [0.4, 0.5) is 0 Å². The van der Waals surface area contributed by atoms with E-state index in [2.05, 4.69) is 42.0 Å². The van der Waals surface area contributed by atoms with E-state index >= 15 is 0 Å². The van der Waals surface area contributed by atoms with Gasteiger partial charge in [-0.05, 0) is 38.5 Å². The van der Waals surface area contributed by atoms with Gasteiger partial charge in [0.15, 0.2) is 0 Å². The number of halogens is 1. The predicted octanol–water partition coefficient (Wildman–Crippen LogP) is 3.04. The van der Waals surface area contributed by atoms with Crippen molar-refractivity contribution in [1.29, 1.82) is 0 Å². The van der Waals surface area contributed by atoms with E-state index in [-0.39, 0.29) is 5.54 Å². The SMILES string of the molecule is CC(C)(C)NCc1ccc(C(=O)O)cc1Br. The second-order valence-electron chi connectivity index (χ2n) is 4.71. The largest absolute Gasteiger partial charge is 0.478 e. The van der Waals surface area contributed by atoms with Gasteiger partial charge in [-0.2, -0.15) is 0 Å². The molecule has 0 fully saturated rings. The number of aromatic carboxylic acids is 1. The van der Waals surface area contributed by atoms with Crippen LogP contribution >= 0.6 is 15.9 Å². The van der Waals surface area contributed by atoms with E-state index in [1.807, 2.05) is 6.07 Å². The molecule has 0 aliphatic heterocycles. The number of benzene rings is 1. The molecule has 16 heavy (non-hydrogen) atoms. The maximum absolute atomic E-state index is 10.7. The summed E-state index contributed by atoms with van der Waals surface area (Å²) in [7, 11) is 0. The number of nitrogens with one attached hydrogen (secondary N) is 1. The van der Waals surface area contributed by atoms with Crippen molar-refractivity contribution in [3.8, 4) is 0 Å². The van der Waals surface area contributed by atoms with Gasteiger partial charge in [0.25, 0.3) is 0 Å². The molecular formula is C12H16BrNO2. The van der Waals surface area contributed by atoms with Gasteiger partial charge in [0.2, 0.25) is 0 Å². The number of carbonyl (C=O) groups is 1. The zero-order valence-corrected chi connectivity index (χ0v) is 11.3. The van der Waals surface area contributed by atoms with E-state index < -0.39 is 5.97 Å². The van der Waals surface area contributed by atoms with Crippen LogP contribution < -0.4 is 5.32 Å². The van der Waals surface area contributed by atoms with Crippen molar-refractivity contribution in [3.63, 3.8) is 0 Å². The minimum atomic E-state index is -0.906. The minimum absolute atomic E-state index is 0.0465. The fourth-order valence-electron chi connectivity index (χ4n) is 1.18. The van der Waals surface area contributed by atoms with Gasteiger partial charge >= 0.3 is 5.97 Å². The highest BCUT2D eigenvalue weighted by atomic mass is 79.9. The molecule has 0 bridgehead atoms. The van der Waals surface area contributed by atoms with Crippen LogP contribution in [0, 0.1) is 0 Å². The summed E-state index contributed by atoms with van der Waals surface area (Å²) in [6.07, 6.45) is 0. The molecule has 0 aliphatic carbocycles. The van der Waals surface area contributed by atoms with Gasteiger partial charge < -0.3 is 10.4 Å². The molecule has 3 nitrogen and oxygen atoms in total. The van der Waals surface area contributed by atoms with E-state index in [0.717, 1.165) is 10.0 Å². The maximum atomic E-state index is 10.7. The molecule has 0 spiro atoms. The molecule has 1 aromatic carbocycles. The van der Waals surface area contributed by atoms with Gasteiger partial charge in [0, 0.05) is 16.6 Å². The van der Waals surface area contributed by atoms with E-state index in [1.54, 1.807) is 12.1 Å². The molecule has 1 rings (SSSR count). The molecule has 0 unspecified atom stereocenters. The van der Waals surface area contributed by atoms with Crippen molar-refractivity contribution in [1.82, 2.24) is 5.32 Å². The molecule has 1 aromatic rings. The average molecular weight is 286 g/mol. The Morgan fingerprint density at radius 1 is 1.44 bits per heavy atom.